The molecule has 130 valence electrons. The van der Waals surface area contributed by atoms with E-state index in [0.29, 0.717) is 24.5 Å². The largest absolute Gasteiger partial charge is 0.507 e. The van der Waals surface area contributed by atoms with Crippen LogP contribution < -0.4 is 4.74 Å². The van der Waals surface area contributed by atoms with Crippen LogP contribution in [0.25, 0.3) is 0 Å². The summed E-state index contributed by atoms with van der Waals surface area (Å²) in [6, 6.07) is 3.68. The minimum atomic E-state index is -0.817. The van der Waals surface area contributed by atoms with Gasteiger partial charge in [0.2, 0.25) is 0 Å². The Bertz CT molecular complexity index is 553. The van der Waals surface area contributed by atoms with Gasteiger partial charge in [0.25, 0.3) is 0 Å². The van der Waals surface area contributed by atoms with Crippen molar-refractivity contribution in [2.75, 3.05) is 6.61 Å². The normalized spacial score (nSPS) is 12.3. The number of ether oxygens (including phenoxy) is 1. The highest BCUT2D eigenvalue weighted by Crippen LogP contribution is 2.42. The topological polar surface area (TPSA) is 66.8 Å². The number of aryl methyl sites for hydroxylation is 1. The standard InChI is InChI=1S/C19H30O4/c1-13-10-14(23-9-7-8-16(20)21)11-15(17(13)22)19(5,6)12-18(2,3)4/h10-11,22H,7-9,12H2,1-6H3,(H,20,21). The van der Waals surface area contributed by atoms with Crippen molar-refractivity contribution in [3.05, 3.63) is 23.3 Å². The molecule has 4 heteroatoms. The van der Waals surface area contributed by atoms with Crippen LogP contribution in [0.2, 0.25) is 0 Å². The molecule has 0 spiro atoms. The second kappa shape index (κ2) is 7.24. The maximum atomic E-state index is 10.5. The highest BCUT2D eigenvalue weighted by molar-refractivity contribution is 5.66. The summed E-state index contributed by atoms with van der Waals surface area (Å²) in [4.78, 5) is 10.5. The summed E-state index contributed by atoms with van der Waals surface area (Å²) in [6.45, 7) is 13.0. The molecule has 4 nitrogen and oxygen atoms in total. The van der Waals surface area contributed by atoms with E-state index in [1.54, 1.807) is 6.07 Å². The second-order valence-corrected chi connectivity index (χ2v) is 8.10. The first kappa shape index (κ1) is 19.3. The molecule has 0 aliphatic rings. The van der Waals surface area contributed by atoms with Crippen LogP contribution in [0.5, 0.6) is 11.5 Å². The van der Waals surface area contributed by atoms with E-state index < -0.39 is 5.97 Å². The van der Waals surface area contributed by atoms with Crippen LogP contribution in [-0.4, -0.2) is 22.8 Å². The zero-order valence-electron chi connectivity index (χ0n) is 15.2. The van der Waals surface area contributed by atoms with Gasteiger partial charge in [-0.05, 0) is 48.3 Å². The molecule has 0 amide bonds. The fourth-order valence-corrected chi connectivity index (χ4v) is 3.18. The summed E-state index contributed by atoms with van der Waals surface area (Å²) in [5.74, 6) is 0.183. The fraction of sp³-hybridized carbons (Fsp3) is 0.632. The SMILES string of the molecule is Cc1cc(OCCCC(=O)O)cc(C(C)(C)CC(C)(C)C)c1O. The molecule has 1 rings (SSSR count). The van der Waals surface area contributed by atoms with Gasteiger partial charge in [-0.2, -0.15) is 0 Å². The molecule has 0 aromatic heterocycles. The van der Waals surface area contributed by atoms with Gasteiger partial charge in [-0.15, -0.1) is 0 Å². The van der Waals surface area contributed by atoms with E-state index in [0.717, 1.165) is 17.5 Å². The average molecular weight is 322 g/mol. The van der Waals surface area contributed by atoms with E-state index in [9.17, 15) is 9.90 Å². The lowest BCUT2D eigenvalue weighted by atomic mass is 9.71. The Labute approximate surface area is 139 Å². The number of rotatable bonds is 7. The number of benzene rings is 1. The lowest BCUT2D eigenvalue weighted by molar-refractivity contribution is -0.137. The van der Waals surface area contributed by atoms with Crippen LogP contribution in [-0.2, 0) is 10.2 Å². The van der Waals surface area contributed by atoms with Gasteiger partial charge in [0.05, 0.1) is 6.61 Å². The number of carbonyl (C=O) groups is 1. The molecule has 0 unspecified atom stereocenters. The lowest BCUT2D eigenvalue weighted by Gasteiger charge is -2.34. The molecule has 1 aromatic rings. The number of hydrogen-bond donors (Lipinski definition) is 2. The molecule has 0 fully saturated rings. The van der Waals surface area contributed by atoms with Crippen molar-refractivity contribution in [3.63, 3.8) is 0 Å². The third kappa shape index (κ3) is 6.12. The van der Waals surface area contributed by atoms with Crippen molar-refractivity contribution in [2.24, 2.45) is 5.41 Å². The van der Waals surface area contributed by atoms with Crippen molar-refractivity contribution in [1.29, 1.82) is 0 Å². The molecule has 0 radical (unpaired) electrons. The molecule has 2 N–H and O–H groups in total. The van der Waals surface area contributed by atoms with Gasteiger partial charge in [0.1, 0.15) is 11.5 Å². The van der Waals surface area contributed by atoms with E-state index >= 15 is 0 Å². The first-order valence-corrected chi connectivity index (χ1v) is 8.11. The zero-order valence-corrected chi connectivity index (χ0v) is 15.2. The number of aromatic hydroxyl groups is 1. The zero-order chi connectivity index (χ0) is 17.8. The first-order chi connectivity index (χ1) is 10.4. The van der Waals surface area contributed by atoms with E-state index in [1.165, 1.54) is 0 Å². The molecule has 23 heavy (non-hydrogen) atoms. The first-order valence-electron chi connectivity index (χ1n) is 8.11. The van der Waals surface area contributed by atoms with Gasteiger partial charge in [-0.1, -0.05) is 34.6 Å². The maximum Gasteiger partial charge on any atom is 0.303 e. The van der Waals surface area contributed by atoms with Gasteiger partial charge >= 0.3 is 5.97 Å². The predicted octanol–water partition coefficient (Wildman–Crippen LogP) is 4.66. The van der Waals surface area contributed by atoms with Crippen LogP contribution in [0.15, 0.2) is 12.1 Å². The lowest BCUT2D eigenvalue weighted by Crippen LogP contribution is -2.25. The summed E-state index contributed by atoms with van der Waals surface area (Å²) in [7, 11) is 0. The summed E-state index contributed by atoms with van der Waals surface area (Å²) in [5.41, 5.74) is 1.61. The maximum absolute atomic E-state index is 10.5. The molecule has 0 heterocycles. The molecule has 1 aromatic carbocycles. The Morgan fingerprint density at radius 2 is 1.78 bits per heavy atom. The highest BCUT2D eigenvalue weighted by atomic mass is 16.5. The van der Waals surface area contributed by atoms with Crippen molar-refractivity contribution in [3.8, 4) is 11.5 Å². The molecular weight excluding hydrogens is 292 g/mol. The Kier molecular flexibility index (Phi) is 6.09. The minimum Gasteiger partial charge on any atom is -0.507 e. The smallest absolute Gasteiger partial charge is 0.303 e. The third-order valence-electron chi connectivity index (χ3n) is 3.78. The highest BCUT2D eigenvalue weighted by Gasteiger charge is 2.30. The number of aliphatic carboxylic acids is 1. The number of carboxylic acids is 1. The Hall–Kier alpha value is -1.71. The summed E-state index contributed by atoms with van der Waals surface area (Å²) < 4.78 is 5.68. The van der Waals surface area contributed by atoms with Gasteiger partial charge in [0, 0.05) is 12.0 Å². The Morgan fingerprint density at radius 3 is 2.30 bits per heavy atom. The van der Waals surface area contributed by atoms with E-state index in [1.807, 2.05) is 13.0 Å². The third-order valence-corrected chi connectivity index (χ3v) is 3.78. The molecule has 0 bridgehead atoms. The van der Waals surface area contributed by atoms with Crippen LogP contribution in [0.4, 0.5) is 0 Å². The number of phenolic OH excluding ortho intramolecular Hbond substituents is 1. The fourth-order valence-electron chi connectivity index (χ4n) is 3.18. The van der Waals surface area contributed by atoms with Crippen LogP contribution >= 0.6 is 0 Å². The van der Waals surface area contributed by atoms with E-state index in [2.05, 4.69) is 34.6 Å². The summed E-state index contributed by atoms with van der Waals surface area (Å²) >= 11 is 0. The van der Waals surface area contributed by atoms with Gasteiger partial charge in [-0.3, -0.25) is 4.79 Å². The molecule has 0 saturated heterocycles. The molecule has 0 atom stereocenters. The Balaban J connectivity index is 2.97. The summed E-state index contributed by atoms with van der Waals surface area (Å²) in [5, 5.41) is 19.1. The monoisotopic (exact) mass is 322 g/mol. The van der Waals surface area contributed by atoms with Crippen molar-refractivity contribution in [2.45, 2.75) is 66.2 Å². The van der Waals surface area contributed by atoms with Crippen LogP contribution in [0.3, 0.4) is 0 Å². The molecule has 0 aliphatic carbocycles. The number of carboxylic acid groups (broad SMARTS) is 1. The number of hydrogen-bond acceptors (Lipinski definition) is 3. The van der Waals surface area contributed by atoms with Crippen molar-refractivity contribution in [1.82, 2.24) is 0 Å². The van der Waals surface area contributed by atoms with Crippen LogP contribution in [0, 0.1) is 12.3 Å². The van der Waals surface area contributed by atoms with Crippen molar-refractivity contribution >= 4 is 5.97 Å². The predicted molar refractivity (Wildman–Crippen MR) is 92.3 cm³/mol. The van der Waals surface area contributed by atoms with Gasteiger partial charge < -0.3 is 14.9 Å². The van der Waals surface area contributed by atoms with Gasteiger partial charge in [-0.25, -0.2) is 0 Å². The average Bonchev–Trinajstić information content (AvgIpc) is 2.35. The molecule has 0 saturated carbocycles. The molecular formula is C19H30O4. The Morgan fingerprint density at radius 1 is 1.17 bits per heavy atom. The number of phenols is 1. The van der Waals surface area contributed by atoms with E-state index in [4.69, 9.17) is 9.84 Å². The second-order valence-electron chi connectivity index (χ2n) is 8.10. The molecule has 0 aliphatic heterocycles. The van der Waals surface area contributed by atoms with Crippen LogP contribution in [0.1, 0.15) is 65.0 Å². The minimum absolute atomic E-state index is 0.0967. The van der Waals surface area contributed by atoms with Gasteiger partial charge in [0.15, 0.2) is 0 Å². The summed E-state index contributed by atoms with van der Waals surface area (Å²) in [6.07, 6.45) is 1.49. The van der Waals surface area contributed by atoms with Crippen molar-refractivity contribution < 1.29 is 19.7 Å². The quantitative estimate of drug-likeness (QED) is 0.717. The van der Waals surface area contributed by atoms with E-state index in [-0.39, 0.29) is 17.3 Å².